The topological polar surface area (TPSA) is 41.6 Å². The van der Waals surface area contributed by atoms with Crippen LogP contribution >= 0.6 is 0 Å². The number of hydrogen-bond acceptors (Lipinski definition) is 3. The number of carbonyl (C=O) groups is 1. The van der Waals surface area contributed by atoms with Crippen LogP contribution in [0.15, 0.2) is 24.3 Å². The molecule has 1 amide bonds. The molecular formula is C18H28N2O2. The molecule has 1 atom stereocenters. The number of piperidine rings is 1. The highest BCUT2D eigenvalue weighted by Crippen LogP contribution is 2.19. The summed E-state index contributed by atoms with van der Waals surface area (Å²) in [5.41, 5.74) is 1.12. The first kappa shape index (κ1) is 16.8. The standard InChI is InChI=1S/C18H28N2O2/c1-14-6-4-5-7-17(14)22-13-15(2)19-18(21)12-16-8-10-20(3)11-9-16/h4-7,15-16H,8-13H2,1-3H3,(H,19,21). The average Bonchev–Trinajstić information content (AvgIpc) is 2.49. The van der Waals surface area contributed by atoms with Crippen LogP contribution in [-0.4, -0.2) is 43.6 Å². The second-order valence-corrected chi connectivity index (χ2v) is 6.50. The number of nitrogens with one attached hydrogen (secondary N) is 1. The second-order valence-electron chi connectivity index (χ2n) is 6.50. The van der Waals surface area contributed by atoms with E-state index in [1.807, 2.05) is 38.1 Å². The normalized spacial score (nSPS) is 18.0. The minimum atomic E-state index is 0.0263. The molecule has 0 bridgehead atoms. The van der Waals surface area contributed by atoms with Gasteiger partial charge < -0.3 is 15.0 Å². The molecule has 1 aliphatic rings. The third-order valence-electron chi connectivity index (χ3n) is 4.30. The number of ether oxygens (including phenoxy) is 1. The van der Waals surface area contributed by atoms with E-state index in [1.165, 1.54) is 0 Å². The first-order chi connectivity index (χ1) is 10.5. The zero-order valence-corrected chi connectivity index (χ0v) is 14.0. The molecular weight excluding hydrogens is 276 g/mol. The highest BCUT2D eigenvalue weighted by Gasteiger charge is 2.20. The fraction of sp³-hybridized carbons (Fsp3) is 0.611. The lowest BCUT2D eigenvalue weighted by molar-refractivity contribution is -0.123. The Bertz CT molecular complexity index is 482. The zero-order chi connectivity index (χ0) is 15.9. The highest BCUT2D eigenvalue weighted by molar-refractivity contribution is 5.76. The summed E-state index contributed by atoms with van der Waals surface area (Å²) in [4.78, 5) is 14.4. The Kier molecular flexibility index (Phi) is 6.25. The van der Waals surface area contributed by atoms with E-state index in [2.05, 4.69) is 17.3 Å². The maximum atomic E-state index is 12.1. The summed E-state index contributed by atoms with van der Waals surface area (Å²) >= 11 is 0. The molecule has 1 heterocycles. The second kappa shape index (κ2) is 8.18. The van der Waals surface area contributed by atoms with Crippen LogP contribution in [-0.2, 0) is 4.79 Å². The van der Waals surface area contributed by atoms with Gasteiger partial charge in [-0.2, -0.15) is 0 Å². The van der Waals surface area contributed by atoms with Crippen LogP contribution in [0.4, 0.5) is 0 Å². The van der Waals surface area contributed by atoms with Crippen molar-refractivity contribution in [3.05, 3.63) is 29.8 Å². The van der Waals surface area contributed by atoms with E-state index >= 15 is 0 Å². The quantitative estimate of drug-likeness (QED) is 0.878. The molecule has 2 rings (SSSR count). The van der Waals surface area contributed by atoms with Crippen molar-refractivity contribution >= 4 is 5.91 Å². The van der Waals surface area contributed by atoms with Gasteiger partial charge in [0.2, 0.25) is 5.91 Å². The lowest BCUT2D eigenvalue weighted by atomic mass is 9.93. The van der Waals surface area contributed by atoms with Crippen LogP contribution in [0.1, 0.15) is 31.7 Å². The zero-order valence-electron chi connectivity index (χ0n) is 14.0. The molecule has 0 aliphatic carbocycles. The third-order valence-corrected chi connectivity index (χ3v) is 4.30. The van der Waals surface area contributed by atoms with Crippen LogP contribution in [0.5, 0.6) is 5.75 Å². The molecule has 0 radical (unpaired) electrons. The van der Waals surface area contributed by atoms with E-state index in [-0.39, 0.29) is 11.9 Å². The van der Waals surface area contributed by atoms with Gasteiger partial charge in [-0.15, -0.1) is 0 Å². The lowest BCUT2D eigenvalue weighted by Gasteiger charge is -2.28. The summed E-state index contributed by atoms with van der Waals surface area (Å²) in [5.74, 6) is 1.56. The lowest BCUT2D eigenvalue weighted by Crippen LogP contribution is -2.39. The van der Waals surface area contributed by atoms with E-state index in [0.717, 1.165) is 37.2 Å². The Morgan fingerprint density at radius 1 is 1.36 bits per heavy atom. The van der Waals surface area contributed by atoms with Gasteiger partial charge in [0.15, 0.2) is 0 Å². The Hall–Kier alpha value is -1.55. The number of likely N-dealkylation sites (tertiary alicyclic amines) is 1. The Morgan fingerprint density at radius 2 is 2.05 bits per heavy atom. The number of rotatable bonds is 6. The molecule has 22 heavy (non-hydrogen) atoms. The highest BCUT2D eigenvalue weighted by atomic mass is 16.5. The average molecular weight is 304 g/mol. The predicted octanol–water partition coefficient (Wildman–Crippen LogP) is 2.61. The van der Waals surface area contributed by atoms with E-state index in [9.17, 15) is 4.79 Å². The van der Waals surface area contributed by atoms with Crippen molar-refractivity contribution < 1.29 is 9.53 Å². The Balaban J connectivity index is 1.69. The minimum Gasteiger partial charge on any atom is -0.491 e. The molecule has 1 unspecified atom stereocenters. The van der Waals surface area contributed by atoms with Crippen LogP contribution in [0, 0.1) is 12.8 Å². The van der Waals surface area contributed by atoms with Gasteiger partial charge in [0.1, 0.15) is 12.4 Å². The third kappa shape index (κ3) is 5.34. The maximum absolute atomic E-state index is 12.1. The molecule has 1 aliphatic heterocycles. The van der Waals surface area contributed by atoms with Crippen molar-refractivity contribution in [2.24, 2.45) is 5.92 Å². The van der Waals surface area contributed by atoms with Crippen LogP contribution in [0.2, 0.25) is 0 Å². The van der Waals surface area contributed by atoms with Crippen molar-refractivity contribution in [2.45, 2.75) is 39.2 Å². The largest absolute Gasteiger partial charge is 0.491 e. The minimum absolute atomic E-state index is 0.0263. The predicted molar refractivity (Wildman–Crippen MR) is 89.1 cm³/mol. The summed E-state index contributed by atoms with van der Waals surface area (Å²) in [6.45, 7) is 6.72. The number of aryl methyl sites for hydroxylation is 1. The molecule has 1 aromatic carbocycles. The van der Waals surface area contributed by atoms with Crippen molar-refractivity contribution in [1.29, 1.82) is 0 Å². The fourth-order valence-corrected chi connectivity index (χ4v) is 2.84. The van der Waals surface area contributed by atoms with Gasteiger partial charge in [-0.1, -0.05) is 18.2 Å². The van der Waals surface area contributed by atoms with Crippen molar-refractivity contribution in [3.63, 3.8) is 0 Å². The Morgan fingerprint density at radius 3 is 2.73 bits per heavy atom. The molecule has 122 valence electrons. The van der Waals surface area contributed by atoms with Gasteiger partial charge in [-0.05, 0) is 64.4 Å². The monoisotopic (exact) mass is 304 g/mol. The van der Waals surface area contributed by atoms with Gasteiger partial charge in [0, 0.05) is 6.42 Å². The van der Waals surface area contributed by atoms with Gasteiger partial charge in [0.25, 0.3) is 0 Å². The number of para-hydroxylation sites is 1. The molecule has 1 saturated heterocycles. The molecule has 0 spiro atoms. The number of benzene rings is 1. The van der Waals surface area contributed by atoms with Crippen LogP contribution in [0.25, 0.3) is 0 Å². The summed E-state index contributed by atoms with van der Waals surface area (Å²) in [6.07, 6.45) is 2.89. The van der Waals surface area contributed by atoms with Gasteiger partial charge >= 0.3 is 0 Å². The Labute approximate surface area is 133 Å². The van der Waals surface area contributed by atoms with E-state index in [4.69, 9.17) is 4.74 Å². The molecule has 0 saturated carbocycles. The SMILES string of the molecule is Cc1ccccc1OCC(C)NC(=O)CC1CCN(C)CC1. The number of nitrogens with zero attached hydrogens (tertiary/aromatic N) is 1. The molecule has 1 fully saturated rings. The van der Waals surface area contributed by atoms with Gasteiger partial charge in [-0.25, -0.2) is 0 Å². The van der Waals surface area contributed by atoms with Gasteiger partial charge in [0.05, 0.1) is 6.04 Å². The number of hydrogen-bond donors (Lipinski definition) is 1. The summed E-state index contributed by atoms with van der Waals surface area (Å²) in [7, 11) is 2.14. The molecule has 4 nitrogen and oxygen atoms in total. The van der Waals surface area contributed by atoms with Crippen LogP contribution < -0.4 is 10.1 Å². The smallest absolute Gasteiger partial charge is 0.220 e. The van der Waals surface area contributed by atoms with E-state index in [1.54, 1.807) is 0 Å². The van der Waals surface area contributed by atoms with E-state index < -0.39 is 0 Å². The van der Waals surface area contributed by atoms with Crippen molar-refractivity contribution in [2.75, 3.05) is 26.7 Å². The summed E-state index contributed by atoms with van der Waals surface area (Å²) in [5, 5.41) is 3.05. The number of carbonyl (C=O) groups excluding carboxylic acids is 1. The van der Waals surface area contributed by atoms with Gasteiger partial charge in [-0.3, -0.25) is 4.79 Å². The summed E-state index contributed by atoms with van der Waals surface area (Å²) in [6, 6.07) is 7.97. The first-order valence-corrected chi connectivity index (χ1v) is 8.21. The molecule has 1 N–H and O–H groups in total. The first-order valence-electron chi connectivity index (χ1n) is 8.21. The molecule has 4 heteroatoms. The summed E-state index contributed by atoms with van der Waals surface area (Å²) < 4.78 is 5.78. The van der Waals surface area contributed by atoms with Crippen LogP contribution in [0.3, 0.4) is 0 Å². The fourth-order valence-electron chi connectivity index (χ4n) is 2.84. The van der Waals surface area contributed by atoms with Crippen molar-refractivity contribution in [3.8, 4) is 5.75 Å². The number of amides is 1. The van der Waals surface area contributed by atoms with Crippen molar-refractivity contribution in [1.82, 2.24) is 10.2 Å². The molecule has 0 aromatic heterocycles. The maximum Gasteiger partial charge on any atom is 0.220 e. The molecule has 1 aromatic rings. The van der Waals surface area contributed by atoms with E-state index in [0.29, 0.717) is 18.9 Å².